The summed E-state index contributed by atoms with van der Waals surface area (Å²) in [5.74, 6) is -0.663. The van der Waals surface area contributed by atoms with Crippen molar-refractivity contribution in [3.8, 4) is 22.6 Å². The summed E-state index contributed by atoms with van der Waals surface area (Å²) in [5, 5.41) is 10.4. The van der Waals surface area contributed by atoms with Crippen molar-refractivity contribution in [1.82, 2.24) is 9.88 Å². The van der Waals surface area contributed by atoms with E-state index in [9.17, 15) is 13.9 Å². The molecule has 1 N–H and O–H groups in total. The van der Waals surface area contributed by atoms with Crippen molar-refractivity contribution >= 4 is 0 Å². The Hall–Kier alpha value is -2.99. The van der Waals surface area contributed by atoms with Gasteiger partial charge in [-0.25, -0.2) is 8.78 Å². The summed E-state index contributed by atoms with van der Waals surface area (Å²) in [5.41, 5.74) is 2.48. The highest BCUT2D eigenvalue weighted by Gasteiger charge is 2.21. The van der Waals surface area contributed by atoms with Crippen LogP contribution < -0.4 is 4.74 Å². The van der Waals surface area contributed by atoms with Gasteiger partial charge in [0.25, 0.3) is 0 Å². The van der Waals surface area contributed by atoms with E-state index in [-0.39, 0.29) is 17.9 Å². The first-order valence-electron chi connectivity index (χ1n) is 8.66. The number of halogens is 2. The number of ether oxygens (including phenoxy) is 1. The fourth-order valence-electron chi connectivity index (χ4n) is 3.30. The molecule has 0 saturated heterocycles. The van der Waals surface area contributed by atoms with Gasteiger partial charge in [-0.05, 0) is 35.9 Å². The molecular weight excluding hydrogens is 350 g/mol. The molecule has 4 nitrogen and oxygen atoms in total. The van der Waals surface area contributed by atoms with Crippen LogP contribution in [0.25, 0.3) is 11.1 Å². The zero-order valence-electron chi connectivity index (χ0n) is 14.5. The first-order valence-corrected chi connectivity index (χ1v) is 8.66. The number of nitrogens with zero attached hydrogens (tertiary/aromatic N) is 2. The molecule has 0 spiro atoms. The van der Waals surface area contributed by atoms with Crippen molar-refractivity contribution in [3.05, 3.63) is 77.6 Å². The number of fused-ring (bicyclic) bond motifs is 1. The predicted molar refractivity (Wildman–Crippen MR) is 97.3 cm³/mol. The fraction of sp³-hybridized carbons (Fsp3) is 0.190. The highest BCUT2D eigenvalue weighted by atomic mass is 19.1. The molecule has 0 aliphatic carbocycles. The zero-order valence-corrected chi connectivity index (χ0v) is 14.5. The topological polar surface area (TPSA) is 45.6 Å². The summed E-state index contributed by atoms with van der Waals surface area (Å²) in [6, 6.07) is 11.2. The van der Waals surface area contributed by atoms with Crippen molar-refractivity contribution in [2.24, 2.45) is 0 Å². The number of pyridine rings is 1. The Kier molecular flexibility index (Phi) is 4.73. The van der Waals surface area contributed by atoms with Crippen LogP contribution >= 0.6 is 0 Å². The highest BCUT2D eigenvalue weighted by Crippen LogP contribution is 2.37. The molecule has 1 aliphatic heterocycles. The van der Waals surface area contributed by atoms with Crippen molar-refractivity contribution in [2.75, 3.05) is 13.2 Å². The van der Waals surface area contributed by atoms with Crippen LogP contribution in [0.3, 0.4) is 0 Å². The molecule has 1 aliphatic rings. The molecule has 0 amide bonds. The summed E-state index contributed by atoms with van der Waals surface area (Å²) in [7, 11) is 0. The molecule has 4 rings (SSSR count). The number of phenolic OH excluding ortho intramolecular Hbond substituents is 1. The molecule has 3 aromatic rings. The Morgan fingerprint density at radius 3 is 2.63 bits per heavy atom. The van der Waals surface area contributed by atoms with E-state index in [1.807, 2.05) is 23.1 Å². The van der Waals surface area contributed by atoms with Crippen molar-refractivity contribution in [2.45, 2.75) is 13.1 Å². The Bertz CT molecular complexity index is 944. The molecule has 138 valence electrons. The largest absolute Gasteiger partial charge is 0.504 e. The third-order valence-electron chi connectivity index (χ3n) is 4.63. The number of hydrogen-bond acceptors (Lipinski definition) is 4. The predicted octanol–water partition coefficient (Wildman–Crippen LogP) is 4.13. The van der Waals surface area contributed by atoms with Crippen LogP contribution in [0.15, 0.2) is 54.9 Å². The lowest BCUT2D eigenvalue weighted by Gasteiger charge is -2.20. The van der Waals surface area contributed by atoms with Crippen molar-refractivity contribution in [3.63, 3.8) is 0 Å². The van der Waals surface area contributed by atoms with E-state index in [2.05, 4.69) is 4.98 Å². The summed E-state index contributed by atoms with van der Waals surface area (Å²) >= 11 is 0. The first-order chi connectivity index (χ1) is 13.1. The first kappa shape index (κ1) is 17.4. The minimum atomic E-state index is -0.563. The van der Waals surface area contributed by atoms with Crippen LogP contribution in [0.1, 0.15) is 11.1 Å². The van der Waals surface area contributed by atoms with Gasteiger partial charge in [-0.3, -0.25) is 9.88 Å². The summed E-state index contributed by atoms with van der Waals surface area (Å²) in [4.78, 5) is 6.01. The van der Waals surface area contributed by atoms with Gasteiger partial charge in [-0.2, -0.15) is 0 Å². The van der Waals surface area contributed by atoms with Gasteiger partial charge in [0.2, 0.25) is 0 Å². The van der Waals surface area contributed by atoms with Gasteiger partial charge in [0.1, 0.15) is 18.2 Å². The monoisotopic (exact) mass is 368 g/mol. The van der Waals surface area contributed by atoms with Crippen LogP contribution in [-0.2, 0) is 13.1 Å². The second-order valence-electron chi connectivity index (χ2n) is 6.48. The molecule has 0 atom stereocenters. The minimum Gasteiger partial charge on any atom is -0.504 e. The SMILES string of the molecule is Oc1cc(-c2cccnc2)cc2c1OCCN(Cc1c(F)cccc1F)C2. The second kappa shape index (κ2) is 7.32. The average Bonchev–Trinajstić information content (AvgIpc) is 2.88. The van der Waals surface area contributed by atoms with Crippen LogP contribution in [0.4, 0.5) is 8.78 Å². The number of aromatic hydroxyl groups is 1. The highest BCUT2D eigenvalue weighted by molar-refractivity contribution is 5.68. The van der Waals surface area contributed by atoms with Crippen LogP contribution in [0.2, 0.25) is 0 Å². The summed E-state index contributed by atoms with van der Waals surface area (Å²) in [6.07, 6.45) is 3.39. The second-order valence-corrected chi connectivity index (χ2v) is 6.48. The lowest BCUT2D eigenvalue weighted by molar-refractivity contribution is 0.213. The van der Waals surface area contributed by atoms with Crippen molar-refractivity contribution in [1.29, 1.82) is 0 Å². The Morgan fingerprint density at radius 1 is 1.07 bits per heavy atom. The van der Waals surface area contributed by atoms with E-state index >= 15 is 0 Å². The molecule has 2 aromatic carbocycles. The van der Waals surface area contributed by atoms with Crippen molar-refractivity contribution < 1.29 is 18.6 Å². The third-order valence-corrected chi connectivity index (χ3v) is 4.63. The zero-order chi connectivity index (χ0) is 18.8. The number of benzene rings is 2. The van der Waals surface area contributed by atoms with Gasteiger partial charge >= 0.3 is 0 Å². The van der Waals surface area contributed by atoms with Gasteiger partial charge in [-0.1, -0.05) is 12.1 Å². The number of rotatable bonds is 3. The van der Waals surface area contributed by atoms with E-state index in [0.29, 0.717) is 25.4 Å². The molecule has 0 saturated carbocycles. The molecule has 1 aromatic heterocycles. The number of phenols is 1. The maximum Gasteiger partial charge on any atom is 0.165 e. The van der Waals surface area contributed by atoms with E-state index in [0.717, 1.165) is 16.7 Å². The Morgan fingerprint density at radius 2 is 1.89 bits per heavy atom. The third kappa shape index (κ3) is 3.61. The maximum absolute atomic E-state index is 14.0. The fourth-order valence-corrected chi connectivity index (χ4v) is 3.30. The Labute approximate surface area is 155 Å². The smallest absolute Gasteiger partial charge is 0.165 e. The molecule has 0 radical (unpaired) electrons. The molecule has 0 bridgehead atoms. The lowest BCUT2D eigenvalue weighted by Crippen LogP contribution is -2.26. The molecule has 0 unspecified atom stereocenters. The average molecular weight is 368 g/mol. The number of aromatic nitrogens is 1. The molecule has 6 heteroatoms. The van der Waals surface area contributed by atoms with E-state index in [4.69, 9.17) is 4.74 Å². The molecule has 27 heavy (non-hydrogen) atoms. The van der Waals surface area contributed by atoms with Crippen LogP contribution in [0.5, 0.6) is 11.5 Å². The van der Waals surface area contributed by atoms with Gasteiger partial charge in [0.05, 0.1) is 0 Å². The molecule has 2 heterocycles. The normalized spacial score (nSPS) is 14.3. The van der Waals surface area contributed by atoms with Gasteiger partial charge in [0, 0.05) is 48.7 Å². The van der Waals surface area contributed by atoms with E-state index in [1.165, 1.54) is 18.2 Å². The lowest BCUT2D eigenvalue weighted by atomic mass is 10.0. The van der Waals surface area contributed by atoms with Gasteiger partial charge < -0.3 is 9.84 Å². The maximum atomic E-state index is 14.0. The van der Waals surface area contributed by atoms with Crippen LogP contribution in [0, 0.1) is 11.6 Å². The quantitative estimate of drug-likeness (QED) is 0.755. The van der Waals surface area contributed by atoms with Crippen LogP contribution in [-0.4, -0.2) is 28.1 Å². The van der Waals surface area contributed by atoms with E-state index in [1.54, 1.807) is 18.5 Å². The number of hydrogen-bond donors (Lipinski definition) is 1. The summed E-state index contributed by atoms with van der Waals surface area (Å²) < 4.78 is 33.7. The molecule has 0 fully saturated rings. The van der Waals surface area contributed by atoms with Gasteiger partial charge in [-0.15, -0.1) is 0 Å². The minimum absolute atomic E-state index is 0.0357. The van der Waals surface area contributed by atoms with Gasteiger partial charge in [0.15, 0.2) is 11.5 Å². The standard InChI is InChI=1S/C21H18F2N2O2/c22-18-4-1-5-19(23)17(18)13-25-7-8-27-21-16(12-25)9-15(10-20(21)26)14-3-2-6-24-11-14/h1-6,9-11,26H,7-8,12-13H2. The Balaban J connectivity index is 1.66. The van der Waals surface area contributed by atoms with E-state index < -0.39 is 11.6 Å². The molecular formula is C21H18F2N2O2. The summed E-state index contributed by atoms with van der Waals surface area (Å²) in [6.45, 7) is 1.34.